The van der Waals surface area contributed by atoms with E-state index in [9.17, 15) is 14.4 Å². The van der Waals surface area contributed by atoms with Gasteiger partial charge in [-0.2, -0.15) is 0 Å². The van der Waals surface area contributed by atoms with E-state index in [1.807, 2.05) is 39.2 Å². The first-order valence-electron chi connectivity index (χ1n) is 11.6. The van der Waals surface area contributed by atoms with Crippen molar-refractivity contribution >= 4 is 24.2 Å². The second-order valence-corrected chi connectivity index (χ2v) is 9.88. The molecule has 2 aliphatic rings. The van der Waals surface area contributed by atoms with Crippen LogP contribution >= 0.6 is 0 Å². The van der Waals surface area contributed by atoms with Gasteiger partial charge in [0, 0.05) is 25.2 Å². The smallest absolute Gasteiger partial charge is 0.417 e. The highest BCUT2D eigenvalue weighted by molar-refractivity contribution is 6.05. The molecule has 0 atom stereocenters. The summed E-state index contributed by atoms with van der Waals surface area (Å²) in [6.45, 7) is 16.6. The van der Waals surface area contributed by atoms with E-state index in [1.54, 1.807) is 38.1 Å². The number of ether oxygens (including phenoxy) is 2. The molecule has 0 aliphatic carbocycles. The third-order valence-electron chi connectivity index (χ3n) is 4.85. The predicted molar refractivity (Wildman–Crippen MR) is 125 cm³/mol. The van der Waals surface area contributed by atoms with Crippen LogP contribution in [0.4, 0.5) is 9.59 Å². The highest BCUT2D eigenvalue weighted by Crippen LogP contribution is 2.25. The summed E-state index contributed by atoms with van der Waals surface area (Å²) in [6.07, 6.45) is 3.66. The topological polar surface area (TPSA) is 94.0 Å². The summed E-state index contributed by atoms with van der Waals surface area (Å²) in [4.78, 5) is 45.0. The molecule has 0 radical (unpaired) electrons. The standard InChI is InChI=1S/C22H32N4O5.C2H6/c1-21(2,3)30-19(28)24-10-11-25-14-23-16(17(25)13-24)12-15-8-7-9-26(18(15)27)20(29)31-22(4,5)6;1-2/h12,14H,7-11,13H2,1-6H3;1-2H3/b15-12+;. The SMILES string of the molecule is CC.CC(C)(C)OC(=O)N1CCn2cnc(/C=C3\CCCN(C(=O)OC(C)(C)C)C3=O)c2C1. The maximum absolute atomic E-state index is 12.9. The number of piperidine rings is 1. The van der Waals surface area contributed by atoms with Crippen molar-refractivity contribution < 1.29 is 23.9 Å². The number of rotatable bonds is 1. The van der Waals surface area contributed by atoms with Crippen LogP contribution in [0.1, 0.15) is 79.6 Å². The Morgan fingerprint density at radius 3 is 2.18 bits per heavy atom. The molecule has 0 bridgehead atoms. The van der Waals surface area contributed by atoms with Crippen molar-refractivity contribution in [2.24, 2.45) is 0 Å². The van der Waals surface area contributed by atoms with E-state index in [0.29, 0.717) is 50.3 Å². The van der Waals surface area contributed by atoms with Gasteiger partial charge >= 0.3 is 12.2 Å². The van der Waals surface area contributed by atoms with Crippen LogP contribution in [0.3, 0.4) is 0 Å². The lowest BCUT2D eigenvalue weighted by Gasteiger charge is -2.31. The summed E-state index contributed by atoms with van der Waals surface area (Å²) in [5.41, 5.74) is 0.730. The molecule has 1 saturated heterocycles. The molecule has 1 aromatic heterocycles. The van der Waals surface area contributed by atoms with E-state index in [2.05, 4.69) is 4.98 Å². The quantitative estimate of drug-likeness (QED) is 0.566. The lowest BCUT2D eigenvalue weighted by atomic mass is 10.0. The summed E-state index contributed by atoms with van der Waals surface area (Å²) in [5, 5.41) is 0. The van der Waals surface area contributed by atoms with Crippen molar-refractivity contribution in [2.75, 3.05) is 13.1 Å². The van der Waals surface area contributed by atoms with Gasteiger partial charge in [-0.1, -0.05) is 13.8 Å². The number of aromatic nitrogens is 2. The fourth-order valence-corrected chi connectivity index (χ4v) is 3.48. The van der Waals surface area contributed by atoms with Crippen LogP contribution in [0.15, 0.2) is 11.9 Å². The molecule has 9 nitrogen and oxygen atoms in total. The van der Waals surface area contributed by atoms with E-state index >= 15 is 0 Å². The highest BCUT2D eigenvalue weighted by atomic mass is 16.6. The first-order chi connectivity index (χ1) is 15.3. The number of hydrogen-bond donors (Lipinski definition) is 0. The number of nitrogens with zero attached hydrogens (tertiary/aromatic N) is 4. The third kappa shape index (κ3) is 7.07. The predicted octanol–water partition coefficient (Wildman–Crippen LogP) is 4.60. The molecule has 2 aliphatic heterocycles. The maximum Gasteiger partial charge on any atom is 0.417 e. The second kappa shape index (κ2) is 10.4. The van der Waals surface area contributed by atoms with Crippen molar-refractivity contribution in [1.29, 1.82) is 0 Å². The molecule has 33 heavy (non-hydrogen) atoms. The van der Waals surface area contributed by atoms with Crippen molar-refractivity contribution in [2.45, 2.75) is 92.5 Å². The molecule has 3 rings (SSSR count). The van der Waals surface area contributed by atoms with Gasteiger partial charge in [0.2, 0.25) is 0 Å². The van der Waals surface area contributed by atoms with Gasteiger partial charge in [-0.3, -0.25) is 4.79 Å². The second-order valence-electron chi connectivity index (χ2n) is 9.88. The molecule has 184 valence electrons. The normalized spacial score (nSPS) is 17.8. The van der Waals surface area contributed by atoms with Gasteiger partial charge in [-0.25, -0.2) is 19.5 Å². The van der Waals surface area contributed by atoms with Crippen molar-refractivity contribution in [3.8, 4) is 0 Å². The minimum atomic E-state index is -0.674. The third-order valence-corrected chi connectivity index (χ3v) is 4.85. The fourth-order valence-electron chi connectivity index (χ4n) is 3.48. The Balaban J connectivity index is 0.00000187. The zero-order chi connectivity index (χ0) is 25.0. The summed E-state index contributed by atoms with van der Waals surface area (Å²) < 4.78 is 12.8. The van der Waals surface area contributed by atoms with E-state index in [4.69, 9.17) is 9.47 Å². The number of carbonyl (C=O) groups excluding carboxylic acids is 3. The van der Waals surface area contributed by atoms with Crippen molar-refractivity contribution in [3.63, 3.8) is 0 Å². The van der Waals surface area contributed by atoms with E-state index in [1.165, 1.54) is 0 Å². The van der Waals surface area contributed by atoms with Crippen LogP contribution in [0.2, 0.25) is 0 Å². The number of imide groups is 1. The van der Waals surface area contributed by atoms with Gasteiger partial charge in [0.05, 0.1) is 24.3 Å². The average Bonchev–Trinajstić information content (AvgIpc) is 3.10. The van der Waals surface area contributed by atoms with Crippen molar-refractivity contribution in [3.05, 3.63) is 23.3 Å². The van der Waals surface area contributed by atoms with E-state index in [-0.39, 0.29) is 12.0 Å². The zero-order valence-corrected chi connectivity index (χ0v) is 21.2. The molecular weight excluding hydrogens is 424 g/mol. The Morgan fingerprint density at radius 1 is 0.970 bits per heavy atom. The van der Waals surface area contributed by atoms with Gasteiger partial charge in [0.1, 0.15) is 11.2 Å². The molecule has 1 fully saturated rings. The molecule has 3 amide bonds. The fraction of sp³-hybridized carbons (Fsp3) is 0.667. The number of fused-ring (bicyclic) bond motifs is 1. The number of amides is 3. The van der Waals surface area contributed by atoms with E-state index in [0.717, 1.165) is 10.6 Å². The molecule has 1 aromatic rings. The largest absolute Gasteiger partial charge is 0.444 e. The van der Waals surface area contributed by atoms with Gasteiger partial charge in [-0.15, -0.1) is 0 Å². The number of likely N-dealkylation sites (tertiary alicyclic amines) is 1. The van der Waals surface area contributed by atoms with Crippen LogP contribution in [-0.4, -0.2) is 61.7 Å². The van der Waals surface area contributed by atoms with Gasteiger partial charge in [-0.05, 0) is 60.5 Å². The van der Waals surface area contributed by atoms with Crippen LogP contribution in [0, 0.1) is 0 Å². The highest BCUT2D eigenvalue weighted by Gasteiger charge is 2.33. The Hall–Kier alpha value is -2.84. The molecular formula is C24H38N4O5. The van der Waals surface area contributed by atoms with Crippen LogP contribution in [0.25, 0.3) is 6.08 Å². The number of carbonyl (C=O) groups is 3. The first kappa shape index (κ1) is 26.4. The Morgan fingerprint density at radius 2 is 1.58 bits per heavy atom. The van der Waals surface area contributed by atoms with Crippen LogP contribution in [-0.2, 0) is 27.4 Å². The molecule has 3 heterocycles. The molecule has 0 aromatic carbocycles. The average molecular weight is 463 g/mol. The lowest BCUT2D eigenvalue weighted by molar-refractivity contribution is -0.127. The van der Waals surface area contributed by atoms with Crippen LogP contribution in [0.5, 0.6) is 0 Å². The van der Waals surface area contributed by atoms with Crippen LogP contribution < -0.4 is 0 Å². The molecule has 0 spiro atoms. The van der Waals surface area contributed by atoms with Crippen molar-refractivity contribution in [1.82, 2.24) is 19.4 Å². The minimum absolute atomic E-state index is 0.332. The monoisotopic (exact) mass is 462 g/mol. The summed E-state index contributed by atoms with van der Waals surface area (Å²) in [6, 6.07) is 0. The summed E-state index contributed by atoms with van der Waals surface area (Å²) in [7, 11) is 0. The van der Waals surface area contributed by atoms with Gasteiger partial charge in [0.25, 0.3) is 5.91 Å². The Bertz CT molecular complexity index is 905. The Kier molecular flexibility index (Phi) is 8.32. The van der Waals surface area contributed by atoms with Gasteiger partial charge < -0.3 is 18.9 Å². The summed E-state index contributed by atoms with van der Waals surface area (Å²) in [5.74, 6) is -0.359. The number of imidazole rings is 1. The lowest BCUT2D eigenvalue weighted by Crippen LogP contribution is -2.44. The molecule has 0 unspecified atom stereocenters. The van der Waals surface area contributed by atoms with Gasteiger partial charge in [0.15, 0.2) is 0 Å². The maximum atomic E-state index is 12.9. The van der Waals surface area contributed by atoms with E-state index < -0.39 is 17.3 Å². The minimum Gasteiger partial charge on any atom is -0.444 e. The number of hydrogen-bond acceptors (Lipinski definition) is 6. The Labute approximate surface area is 196 Å². The first-order valence-corrected chi connectivity index (χ1v) is 11.6. The molecule has 9 heteroatoms. The molecule has 0 saturated carbocycles. The molecule has 0 N–H and O–H groups in total. The zero-order valence-electron chi connectivity index (χ0n) is 21.2. The summed E-state index contributed by atoms with van der Waals surface area (Å²) >= 11 is 0.